The van der Waals surface area contributed by atoms with Crippen LogP contribution in [-0.2, 0) is 9.84 Å². The number of hydrogen-bond acceptors (Lipinski definition) is 5. The average Bonchev–Trinajstić information content (AvgIpc) is 2.49. The Labute approximate surface area is 161 Å². The molecule has 0 fully saturated rings. The van der Waals surface area contributed by atoms with Gasteiger partial charge in [0.15, 0.2) is 27.3 Å². The summed E-state index contributed by atoms with van der Waals surface area (Å²) in [5.74, 6) is 1.68. The van der Waals surface area contributed by atoms with Crippen LogP contribution in [0.3, 0.4) is 0 Å². The van der Waals surface area contributed by atoms with Crippen LogP contribution in [0.5, 0.6) is 11.5 Å². The van der Waals surface area contributed by atoms with Gasteiger partial charge in [0.1, 0.15) is 0 Å². The largest absolute Gasteiger partial charge is 0.493 e. The highest BCUT2D eigenvalue weighted by Gasteiger charge is 2.30. The zero-order valence-electron chi connectivity index (χ0n) is 14.8. The Morgan fingerprint density at radius 3 is 2.25 bits per heavy atom. The third kappa shape index (κ3) is 6.00. The van der Waals surface area contributed by atoms with Crippen molar-refractivity contribution < 1.29 is 17.9 Å². The van der Waals surface area contributed by atoms with Crippen LogP contribution in [0, 0.1) is 0 Å². The summed E-state index contributed by atoms with van der Waals surface area (Å²) in [6.45, 7) is 3.57. The van der Waals surface area contributed by atoms with E-state index < -0.39 is 14.6 Å². The minimum absolute atomic E-state index is 0. The molecule has 0 spiro atoms. The highest BCUT2D eigenvalue weighted by atomic mass is 127. The smallest absolute Gasteiger partial charge is 0.195 e. The van der Waals surface area contributed by atoms with E-state index in [1.54, 1.807) is 47.2 Å². The molecule has 0 aliphatic heterocycles. The molecule has 0 heterocycles. The molecule has 0 saturated carbocycles. The first-order valence-electron chi connectivity index (χ1n) is 7.04. The molecule has 2 N–H and O–H groups in total. The van der Waals surface area contributed by atoms with E-state index in [1.807, 2.05) is 6.07 Å². The molecule has 1 aromatic rings. The van der Waals surface area contributed by atoms with Gasteiger partial charge < -0.3 is 20.1 Å². The number of aliphatic imine (C=N–C) groups is 1. The van der Waals surface area contributed by atoms with E-state index in [1.165, 1.54) is 6.26 Å². The molecule has 0 atom stereocenters. The molecule has 0 bridgehead atoms. The van der Waals surface area contributed by atoms with Gasteiger partial charge in [0.05, 0.1) is 19.0 Å². The summed E-state index contributed by atoms with van der Waals surface area (Å²) in [6, 6.07) is 5.36. The Kier molecular flexibility index (Phi) is 8.83. The van der Waals surface area contributed by atoms with Crippen molar-refractivity contribution in [2.45, 2.75) is 18.6 Å². The predicted octanol–water partition coefficient (Wildman–Crippen LogP) is 2.13. The molecule has 0 aromatic heterocycles. The number of benzene rings is 1. The number of methoxy groups -OCH3 is 2. The van der Waals surface area contributed by atoms with Gasteiger partial charge in [0.25, 0.3) is 0 Å². The Bertz CT molecular complexity index is 675. The van der Waals surface area contributed by atoms with E-state index in [-0.39, 0.29) is 30.5 Å². The van der Waals surface area contributed by atoms with Crippen LogP contribution in [-0.4, -0.2) is 53.2 Å². The number of halogens is 1. The number of anilines is 1. The standard InChI is InChI=1S/C15H25N3O4S.HI/c1-15(2,23(6,19)20)10-17-14(16-3)18-11-7-8-12(21-4)13(9-11)22-5;/h7-9H,10H2,1-6H3,(H2,16,17,18);1H. The third-order valence-corrected chi connectivity index (χ3v) is 5.71. The van der Waals surface area contributed by atoms with Crippen LogP contribution in [0.4, 0.5) is 5.69 Å². The van der Waals surface area contributed by atoms with Gasteiger partial charge in [-0.1, -0.05) is 0 Å². The molecule has 0 saturated heterocycles. The van der Waals surface area contributed by atoms with E-state index in [0.717, 1.165) is 5.69 Å². The Morgan fingerprint density at radius 2 is 1.79 bits per heavy atom. The number of sulfone groups is 1. The second kappa shape index (κ2) is 9.30. The maximum Gasteiger partial charge on any atom is 0.195 e. The minimum atomic E-state index is -3.18. The summed E-state index contributed by atoms with van der Waals surface area (Å²) in [5, 5.41) is 6.11. The van der Waals surface area contributed by atoms with Crippen molar-refractivity contribution in [3.8, 4) is 11.5 Å². The minimum Gasteiger partial charge on any atom is -0.493 e. The van der Waals surface area contributed by atoms with Gasteiger partial charge in [0, 0.05) is 31.6 Å². The van der Waals surface area contributed by atoms with E-state index in [2.05, 4.69) is 15.6 Å². The van der Waals surface area contributed by atoms with Gasteiger partial charge in [-0.05, 0) is 26.0 Å². The van der Waals surface area contributed by atoms with Crippen molar-refractivity contribution >= 4 is 45.5 Å². The molecule has 138 valence electrons. The van der Waals surface area contributed by atoms with Crippen LogP contribution in [0.2, 0.25) is 0 Å². The fraction of sp³-hybridized carbons (Fsp3) is 0.533. The highest BCUT2D eigenvalue weighted by molar-refractivity contribution is 14.0. The van der Waals surface area contributed by atoms with Crippen LogP contribution < -0.4 is 20.1 Å². The summed E-state index contributed by atoms with van der Waals surface area (Å²) >= 11 is 0. The summed E-state index contributed by atoms with van der Waals surface area (Å²) in [4.78, 5) is 4.09. The fourth-order valence-corrected chi connectivity index (χ4v) is 1.99. The quantitative estimate of drug-likeness (QED) is 0.376. The Morgan fingerprint density at radius 1 is 1.21 bits per heavy atom. The molecule has 9 heteroatoms. The Balaban J connectivity index is 0.00000529. The van der Waals surface area contributed by atoms with Gasteiger partial charge in [-0.3, -0.25) is 4.99 Å². The zero-order chi connectivity index (χ0) is 17.7. The van der Waals surface area contributed by atoms with Crippen molar-refractivity contribution in [3.63, 3.8) is 0 Å². The molecule has 0 aliphatic carbocycles. The molecule has 1 rings (SSSR count). The number of hydrogen-bond donors (Lipinski definition) is 2. The van der Waals surface area contributed by atoms with Gasteiger partial charge in [-0.2, -0.15) is 0 Å². The van der Waals surface area contributed by atoms with Crippen molar-refractivity contribution in [1.82, 2.24) is 5.32 Å². The first-order valence-corrected chi connectivity index (χ1v) is 8.93. The lowest BCUT2D eigenvalue weighted by molar-refractivity contribution is 0.355. The molecule has 0 aliphatic rings. The number of rotatable bonds is 6. The van der Waals surface area contributed by atoms with Crippen LogP contribution in [0.25, 0.3) is 0 Å². The highest BCUT2D eigenvalue weighted by Crippen LogP contribution is 2.29. The van der Waals surface area contributed by atoms with Crippen molar-refractivity contribution in [2.24, 2.45) is 4.99 Å². The summed E-state index contributed by atoms with van der Waals surface area (Å²) in [5.41, 5.74) is 0.743. The van der Waals surface area contributed by atoms with Crippen molar-refractivity contribution in [2.75, 3.05) is 39.4 Å². The average molecular weight is 471 g/mol. The molecule has 24 heavy (non-hydrogen) atoms. The molecule has 0 unspecified atom stereocenters. The van der Waals surface area contributed by atoms with Crippen LogP contribution in [0.1, 0.15) is 13.8 Å². The first-order chi connectivity index (χ1) is 10.6. The zero-order valence-corrected chi connectivity index (χ0v) is 18.0. The van der Waals surface area contributed by atoms with Crippen molar-refractivity contribution in [1.29, 1.82) is 0 Å². The Hall–Kier alpha value is -1.23. The number of guanidine groups is 1. The maximum absolute atomic E-state index is 11.7. The van der Waals surface area contributed by atoms with Crippen molar-refractivity contribution in [3.05, 3.63) is 18.2 Å². The van der Waals surface area contributed by atoms with Gasteiger partial charge in [-0.25, -0.2) is 8.42 Å². The molecule has 0 radical (unpaired) electrons. The number of nitrogens with zero attached hydrogens (tertiary/aromatic N) is 1. The summed E-state index contributed by atoms with van der Waals surface area (Å²) in [7, 11) is 1.56. The molecular formula is C15H26IN3O4S. The summed E-state index contributed by atoms with van der Waals surface area (Å²) < 4.78 is 33.0. The molecule has 7 nitrogen and oxygen atoms in total. The topological polar surface area (TPSA) is 89.0 Å². The predicted molar refractivity (Wildman–Crippen MR) is 109 cm³/mol. The first kappa shape index (κ1) is 22.8. The second-order valence-electron chi connectivity index (χ2n) is 5.65. The summed E-state index contributed by atoms with van der Waals surface area (Å²) in [6.07, 6.45) is 1.22. The lowest BCUT2D eigenvalue weighted by Gasteiger charge is -2.24. The van der Waals surface area contributed by atoms with Gasteiger partial charge in [-0.15, -0.1) is 24.0 Å². The molecule has 1 aromatic carbocycles. The monoisotopic (exact) mass is 471 g/mol. The van der Waals surface area contributed by atoms with Crippen LogP contribution >= 0.6 is 24.0 Å². The molecular weight excluding hydrogens is 445 g/mol. The SMILES string of the molecule is CN=C(NCC(C)(C)S(C)(=O)=O)Nc1ccc(OC)c(OC)c1.I. The fourth-order valence-electron chi connectivity index (χ4n) is 1.66. The molecule has 0 amide bonds. The van der Waals surface area contributed by atoms with E-state index >= 15 is 0 Å². The lowest BCUT2D eigenvalue weighted by Crippen LogP contribution is -2.45. The van der Waals surface area contributed by atoms with E-state index in [4.69, 9.17) is 9.47 Å². The number of ether oxygens (including phenoxy) is 2. The van der Waals surface area contributed by atoms with E-state index in [9.17, 15) is 8.42 Å². The van der Waals surface area contributed by atoms with Gasteiger partial charge >= 0.3 is 0 Å². The normalized spacial score (nSPS) is 12.2. The lowest BCUT2D eigenvalue weighted by atomic mass is 10.2. The third-order valence-electron chi connectivity index (χ3n) is 3.56. The van der Waals surface area contributed by atoms with E-state index in [0.29, 0.717) is 17.5 Å². The maximum atomic E-state index is 11.7. The van der Waals surface area contributed by atoms with Gasteiger partial charge in [0.2, 0.25) is 0 Å². The van der Waals surface area contributed by atoms with Crippen LogP contribution in [0.15, 0.2) is 23.2 Å². The number of nitrogens with one attached hydrogen (secondary N) is 2. The second-order valence-corrected chi connectivity index (χ2v) is 8.30.